The summed E-state index contributed by atoms with van der Waals surface area (Å²) in [5, 5.41) is 13.2. The third kappa shape index (κ3) is 1.97. The molecule has 0 bridgehead atoms. The zero-order valence-electron chi connectivity index (χ0n) is 8.16. The van der Waals surface area contributed by atoms with Crippen LogP contribution in [0.5, 0.6) is 0 Å². The van der Waals surface area contributed by atoms with Gasteiger partial charge in [0.05, 0.1) is 11.8 Å². The van der Waals surface area contributed by atoms with Crippen LogP contribution in [0.15, 0.2) is 5.16 Å². The Labute approximate surface area is 73.4 Å². The van der Waals surface area contributed by atoms with Gasteiger partial charge in [-0.05, 0) is 6.92 Å². The summed E-state index contributed by atoms with van der Waals surface area (Å²) in [6, 6.07) is 0. The van der Waals surface area contributed by atoms with Gasteiger partial charge in [-0.1, -0.05) is 25.9 Å². The summed E-state index contributed by atoms with van der Waals surface area (Å²) in [6.07, 6.45) is 0.175. The fourth-order valence-electron chi connectivity index (χ4n) is 1.10. The van der Waals surface area contributed by atoms with E-state index in [1.165, 1.54) is 0 Å². The maximum absolute atomic E-state index is 9.24. The van der Waals surface area contributed by atoms with Gasteiger partial charge in [-0.15, -0.1) is 0 Å². The smallest absolute Gasteiger partial charge is 0.158 e. The van der Waals surface area contributed by atoms with Crippen LogP contribution in [0.2, 0.25) is 0 Å². The van der Waals surface area contributed by atoms with Gasteiger partial charge >= 0.3 is 0 Å². The molecular formula is C9H17NO2. The van der Waals surface area contributed by atoms with Crippen molar-refractivity contribution in [3.8, 4) is 0 Å². The minimum atomic E-state index is -0.436. The number of aliphatic hydroxyl groups is 1. The highest BCUT2D eigenvalue weighted by Gasteiger charge is 2.31. The van der Waals surface area contributed by atoms with Crippen LogP contribution in [0.25, 0.3) is 0 Å². The average molecular weight is 171 g/mol. The maximum Gasteiger partial charge on any atom is 0.158 e. The Hall–Kier alpha value is -0.570. The minimum Gasteiger partial charge on any atom is -0.389 e. The van der Waals surface area contributed by atoms with E-state index >= 15 is 0 Å². The van der Waals surface area contributed by atoms with Crippen LogP contribution in [0, 0.1) is 5.41 Å². The first kappa shape index (κ1) is 9.52. The molecule has 2 atom stereocenters. The molecule has 0 aromatic rings. The molecule has 1 aliphatic rings. The monoisotopic (exact) mass is 171 g/mol. The molecule has 1 rings (SSSR count). The van der Waals surface area contributed by atoms with E-state index in [4.69, 9.17) is 4.84 Å². The van der Waals surface area contributed by atoms with Crippen LogP contribution < -0.4 is 0 Å². The number of rotatable bonds is 1. The van der Waals surface area contributed by atoms with E-state index in [1.807, 2.05) is 0 Å². The van der Waals surface area contributed by atoms with Gasteiger partial charge < -0.3 is 9.94 Å². The van der Waals surface area contributed by atoms with E-state index in [1.54, 1.807) is 6.92 Å². The molecule has 0 radical (unpaired) electrons. The zero-order valence-corrected chi connectivity index (χ0v) is 8.16. The molecule has 0 spiro atoms. The summed E-state index contributed by atoms with van der Waals surface area (Å²) in [6.45, 7) is 8.02. The third-order valence-corrected chi connectivity index (χ3v) is 2.10. The van der Waals surface area contributed by atoms with Gasteiger partial charge in [0.1, 0.15) is 0 Å². The summed E-state index contributed by atoms with van der Waals surface area (Å²) in [5.41, 5.74) is 1.09. The van der Waals surface area contributed by atoms with Crippen molar-refractivity contribution in [1.82, 2.24) is 0 Å². The van der Waals surface area contributed by atoms with Gasteiger partial charge in [0, 0.05) is 11.8 Å². The molecule has 1 N–H and O–H groups in total. The number of hydrogen-bond acceptors (Lipinski definition) is 3. The summed E-state index contributed by atoms with van der Waals surface area (Å²) in [4.78, 5) is 5.09. The highest BCUT2D eigenvalue weighted by Crippen LogP contribution is 2.26. The first-order chi connectivity index (χ1) is 5.41. The van der Waals surface area contributed by atoms with Crippen molar-refractivity contribution < 1.29 is 9.94 Å². The van der Waals surface area contributed by atoms with Crippen molar-refractivity contribution in [3.05, 3.63) is 0 Å². The Balaban J connectivity index is 2.55. The Bertz CT molecular complexity index is 191. The molecule has 3 nitrogen and oxygen atoms in total. The van der Waals surface area contributed by atoms with Gasteiger partial charge in [0.15, 0.2) is 6.10 Å². The molecule has 0 fully saturated rings. The topological polar surface area (TPSA) is 41.8 Å². The molecule has 0 unspecified atom stereocenters. The summed E-state index contributed by atoms with van der Waals surface area (Å²) in [7, 11) is 0. The maximum atomic E-state index is 9.24. The molecule has 1 aliphatic heterocycles. The van der Waals surface area contributed by atoms with Crippen LogP contribution >= 0.6 is 0 Å². The lowest BCUT2D eigenvalue weighted by Crippen LogP contribution is -2.26. The number of hydrogen-bond donors (Lipinski definition) is 1. The predicted octanol–water partition coefficient (Wildman–Crippen LogP) is 1.56. The Kier molecular flexibility index (Phi) is 2.42. The summed E-state index contributed by atoms with van der Waals surface area (Å²) >= 11 is 0. The van der Waals surface area contributed by atoms with Crippen LogP contribution in [0.4, 0.5) is 0 Å². The quantitative estimate of drug-likeness (QED) is 0.650. The first-order valence-corrected chi connectivity index (χ1v) is 4.32. The molecule has 12 heavy (non-hydrogen) atoms. The second kappa shape index (κ2) is 3.05. The molecular weight excluding hydrogens is 154 g/mol. The predicted molar refractivity (Wildman–Crippen MR) is 48.1 cm³/mol. The lowest BCUT2D eigenvalue weighted by atomic mass is 9.86. The van der Waals surface area contributed by atoms with Crippen molar-refractivity contribution in [3.63, 3.8) is 0 Å². The van der Waals surface area contributed by atoms with E-state index in [9.17, 15) is 5.11 Å². The molecule has 0 aromatic heterocycles. The van der Waals surface area contributed by atoms with Crippen molar-refractivity contribution in [1.29, 1.82) is 0 Å². The van der Waals surface area contributed by atoms with Gasteiger partial charge in [0.25, 0.3) is 0 Å². The van der Waals surface area contributed by atoms with Crippen LogP contribution in [-0.2, 0) is 4.84 Å². The van der Waals surface area contributed by atoms with E-state index in [0.717, 1.165) is 12.1 Å². The van der Waals surface area contributed by atoms with E-state index in [-0.39, 0.29) is 11.5 Å². The van der Waals surface area contributed by atoms with Crippen molar-refractivity contribution in [2.75, 3.05) is 0 Å². The third-order valence-electron chi connectivity index (χ3n) is 2.10. The molecule has 1 heterocycles. The minimum absolute atomic E-state index is 0.0592. The normalized spacial score (nSPS) is 26.4. The van der Waals surface area contributed by atoms with E-state index in [2.05, 4.69) is 25.9 Å². The van der Waals surface area contributed by atoms with Crippen molar-refractivity contribution >= 4 is 5.71 Å². The van der Waals surface area contributed by atoms with Gasteiger partial charge in [-0.25, -0.2) is 0 Å². The van der Waals surface area contributed by atoms with Crippen molar-refractivity contribution in [2.24, 2.45) is 10.6 Å². The molecule has 0 saturated heterocycles. The van der Waals surface area contributed by atoms with E-state index < -0.39 is 6.10 Å². The van der Waals surface area contributed by atoms with Crippen LogP contribution in [-0.4, -0.2) is 23.0 Å². The first-order valence-electron chi connectivity index (χ1n) is 4.32. The van der Waals surface area contributed by atoms with Gasteiger partial charge in [-0.3, -0.25) is 0 Å². The average Bonchev–Trinajstić information content (AvgIpc) is 2.30. The number of aliphatic hydroxyl groups excluding tert-OH is 1. The summed E-state index contributed by atoms with van der Waals surface area (Å²) < 4.78 is 0. The molecule has 3 heteroatoms. The number of nitrogens with zero attached hydrogens (tertiary/aromatic N) is 1. The fourth-order valence-corrected chi connectivity index (χ4v) is 1.10. The molecule has 0 saturated carbocycles. The second-order valence-electron chi connectivity index (χ2n) is 4.38. The van der Waals surface area contributed by atoms with Crippen LogP contribution in [0.1, 0.15) is 34.1 Å². The Morgan fingerprint density at radius 2 is 2.17 bits per heavy atom. The standard InChI is InChI=1S/C9H17NO2/c1-6(11)7-5-8(10-12-7)9(2,3)4/h6-7,11H,5H2,1-4H3/t6-,7-/m0/s1. The molecule has 0 aromatic carbocycles. The molecule has 0 amide bonds. The number of oxime groups is 1. The van der Waals surface area contributed by atoms with Gasteiger partial charge in [0.2, 0.25) is 0 Å². The lowest BCUT2D eigenvalue weighted by Gasteiger charge is -2.17. The van der Waals surface area contributed by atoms with Crippen LogP contribution in [0.3, 0.4) is 0 Å². The summed E-state index contributed by atoms with van der Waals surface area (Å²) in [5.74, 6) is 0. The highest BCUT2D eigenvalue weighted by molar-refractivity contribution is 5.90. The highest BCUT2D eigenvalue weighted by atomic mass is 16.7. The zero-order chi connectivity index (χ0) is 9.35. The van der Waals surface area contributed by atoms with Crippen molar-refractivity contribution in [2.45, 2.75) is 46.3 Å². The Morgan fingerprint density at radius 3 is 2.42 bits per heavy atom. The van der Waals surface area contributed by atoms with Gasteiger partial charge in [-0.2, -0.15) is 0 Å². The largest absolute Gasteiger partial charge is 0.389 e. The lowest BCUT2D eigenvalue weighted by molar-refractivity contribution is -0.00780. The Morgan fingerprint density at radius 1 is 1.58 bits per heavy atom. The molecule has 70 valence electrons. The molecule has 0 aliphatic carbocycles. The fraction of sp³-hybridized carbons (Fsp3) is 0.889. The second-order valence-corrected chi connectivity index (χ2v) is 4.38. The SMILES string of the molecule is C[C@H](O)[C@@H]1CC(C(C)(C)C)=NO1. The van der Waals surface area contributed by atoms with E-state index in [0.29, 0.717) is 0 Å².